The third-order valence-corrected chi connectivity index (χ3v) is 6.93. The average Bonchev–Trinajstić information content (AvgIpc) is 3.38. The number of esters is 1. The summed E-state index contributed by atoms with van der Waals surface area (Å²) in [7, 11) is 1.88. The van der Waals surface area contributed by atoms with Crippen LogP contribution in [-0.2, 0) is 41.0 Å². The second kappa shape index (κ2) is 14.7. The van der Waals surface area contributed by atoms with E-state index in [2.05, 4.69) is 10.3 Å². The van der Waals surface area contributed by atoms with Gasteiger partial charge in [0, 0.05) is 23.7 Å². The fraction of sp³-hybridized carbons (Fsp3) is 0.378. The number of ether oxygens (including phenoxy) is 4. The molecule has 9 nitrogen and oxygen atoms in total. The maximum atomic E-state index is 16.1. The molecule has 250 valence electrons. The highest BCUT2D eigenvalue weighted by molar-refractivity contribution is 5.74. The first-order chi connectivity index (χ1) is 22.1. The minimum atomic E-state index is -0.686. The molecule has 4 aromatic rings. The van der Waals surface area contributed by atoms with Crippen molar-refractivity contribution in [3.8, 4) is 22.6 Å². The van der Waals surface area contributed by atoms with Gasteiger partial charge in [0.1, 0.15) is 41.7 Å². The number of amides is 1. The maximum Gasteiger partial charge on any atom is 0.408 e. The maximum absolute atomic E-state index is 16.1. The number of hydrogen-bond donors (Lipinski definition) is 1. The number of para-hydroxylation sites is 1. The predicted molar refractivity (Wildman–Crippen MR) is 177 cm³/mol. The number of aryl methyl sites for hydroxylation is 1. The van der Waals surface area contributed by atoms with Gasteiger partial charge in [-0.25, -0.2) is 14.2 Å². The van der Waals surface area contributed by atoms with Crippen LogP contribution in [0.15, 0.2) is 73.2 Å². The first kappa shape index (κ1) is 35.0. The van der Waals surface area contributed by atoms with E-state index in [9.17, 15) is 9.59 Å². The lowest BCUT2D eigenvalue weighted by molar-refractivity contribution is -0.153. The van der Waals surface area contributed by atoms with E-state index in [1.54, 1.807) is 70.6 Å². The van der Waals surface area contributed by atoms with Crippen LogP contribution < -0.4 is 14.8 Å². The summed E-state index contributed by atoms with van der Waals surface area (Å²) in [5, 5.41) is 2.72. The third kappa shape index (κ3) is 10.3. The Kier molecular flexibility index (Phi) is 11.0. The highest BCUT2D eigenvalue weighted by Gasteiger charge is 2.22. The predicted octanol–water partition coefficient (Wildman–Crippen LogP) is 7.85. The van der Waals surface area contributed by atoms with Crippen molar-refractivity contribution >= 4 is 12.1 Å². The molecule has 0 saturated heterocycles. The molecule has 4 rings (SSSR count). The molecule has 0 bridgehead atoms. The number of imidazole rings is 1. The molecule has 0 saturated carbocycles. The van der Waals surface area contributed by atoms with Crippen LogP contribution in [0.25, 0.3) is 11.1 Å². The van der Waals surface area contributed by atoms with E-state index in [-0.39, 0.29) is 25.6 Å². The molecule has 1 aromatic heterocycles. The van der Waals surface area contributed by atoms with E-state index in [0.717, 1.165) is 11.3 Å². The summed E-state index contributed by atoms with van der Waals surface area (Å²) in [5.74, 6) is 0.215. The molecule has 0 fully saturated rings. The van der Waals surface area contributed by atoms with Crippen LogP contribution in [0.4, 0.5) is 9.18 Å². The molecule has 1 unspecified atom stereocenters. The van der Waals surface area contributed by atoms with Gasteiger partial charge in [-0.2, -0.15) is 0 Å². The van der Waals surface area contributed by atoms with Crippen LogP contribution in [0.5, 0.6) is 11.5 Å². The van der Waals surface area contributed by atoms with Crippen LogP contribution in [0, 0.1) is 5.82 Å². The molecule has 1 atom stereocenters. The van der Waals surface area contributed by atoms with E-state index < -0.39 is 29.2 Å². The molecular weight excluding hydrogens is 601 g/mol. The Morgan fingerprint density at radius 2 is 1.64 bits per heavy atom. The Labute approximate surface area is 276 Å². The summed E-state index contributed by atoms with van der Waals surface area (Å²) < 4.78 is 41.2. The van der Waals surface area contributed by atoms with E-state index in [1.807, 2.05) is 62.7 Å². The summed E-state index contributed by atoms with van der Waals surface area (Å²) in [6.07, 6.45) is 2.83. The number of benzene rings is 3. The lowest BCUT2D eigenvalue weighted by Crippen LogP contribution is -2.34. The van der Waals surface area contributed by atoms with Gasteiger partial charge in [0.25, 0.3) is 0 Å². The van der Waals surface area contributed by atoms with Gasteiger partial charge in [0.2, 0.25) is 0 Å². The number of carbonyl (C=O) groups is 2. The monoisotopic (exact) mass is 645 g/mol. The highest BCUT2D eigenvalue weighted by Crippen LogP contribution is 2.33. The van der Waals surface area contributed by atoms with Crippen molar-refractivity contribution in [1.29, 1.82) is 0 Å². The van der Waals surface area contributed by atoms with Gasteiger partial charge >= 0.3 is 12.1 Å². The number of halogens is 1. The minimum absolute atomic E-state index is 0.0556. The topological polar surface area (TPSA) is 101 Å². The van der Waals surface area contributed by atoms with Crippen molar-refractivity contribution in [1.82, 2.24) is 14.9 Å². The average molecular weight is 646 g/mol. The van der Waals surface area contributed by atoms with Gasteiger partial charge in [-0.05, 0) is 83.9 Å². The Balaban J connectivity index is 1.62. The van der Waals surface area contributed by atoms with Gasteiger partial charge in [-0.1, -0.05) is 36.4 Å². The molecule has 3 aromatic carbocycles. The highest BCUT2D eigenvalue weighted by atomic mass is 19.1. The summed E-state index contributed by atoms with van der Waals surface area (Å²) in [4.78, 5) is 29.1. The fourth-order valence-corrected chi connectivity index (χ4v) is 4.82. The van der Waals surface area contributed by atoms with Crippen molar-refractivity contribution in [2.45, 2.75) is 85.3 Å². The van der Waals surface area contributed by atoms with Crippen LogP contribution in [0.3, 0.4) is 0 Å². The summed E-state index contributed by atoms with van der Waals surface area (Å²) in [5.41, 5.74) is 2.19. The number of alkyl carbamates (subject to hydrolysis) is 1. The molecule has 1 N–H and O–H groups in total. The minimum Gasteiger partial charge on any atom is -0.489 e. The molecular formula is C37H44FN3O6. The molecule has 1 amide bonds. The van der Waals surface area contributed by atoms with Crippen LogP contribution in [0.1, 0.15) is 76.9 Å². The lowest BCUT2D eigenvalue weighted by atomic mass is 9.97. The zero-order valence-electron chi connectivity index (χ0n) is 28.3. The van der Waals surface area contributed by atoms with Gasteiger partial charge in [-0.15, -0.1) is 0 Å². The van der Waals surface area contributed by atoms with Crippen molar-refractivity contribution in [2.75, 3.05) is 0 Å². The lowest BCUT2D eigenvalue weighted by Gasteiger charge is -2.22. The van der Waals surface area contributed by atoms with Crippen molar-refractivity contribution in [3.05, 3.63) is 101 Å². The van der Waals surface area contributed by atoms with Crippen LogP contribution in [-0.4, -0.2) is 32.8 Å². The molecule has 0 spiro atoms. The molecule has 47 heavy (non-hydrogen) atoms. The number of hydrogen-bond acceptors (Lipinski definition) is 7. The Bertz CT molecular complexity index is 1700. The van der Waals surface area contributed by atoms with Gasteiger partial charge in [-0.3, -0.25) is 4.79 Å². The second-order valence-corrected chi connectivity index (χ2v) is 13.4. The zero-order chi connectivity index (χ0) is 34.4. The molecule has 0 aliphatic heterocycles. The first-order valence-corrected chi connectivity index (χ1v) is 15.5. The van der Waals surface area contributed by atoms with E-state index in [0.29, 0.717) is 33.8 Å². The number of rotatable bonds is 11. The summed E-state index contributed by atoms with van der Waals surface area (Å²) >= 11 is 0. The standard InChI is InChI=1S/C37H44FN3O6/c1-24(40-35(43)47-37(5,6)7)30-13-11-14-31(34(30)38)27-16-25(17-29(18-27)44-22-28-20-39-23-41(28)8)21-45-32-15-10-9-12-26(32)19-33(42)46-36(2,3)4/h9-18,20,23-24H,19,21-22H2,1-8H3,(H,40,43). The molecule has 0 radical (unpaired) electrons. The Hall–Kier alpha value is -4.86. The Morgan fingerprint density at radius 1 is 0.915 bits per heavy atom. The smallest absolute Gasteiger partial charge is 0.408 e. The van der Waals surface area contributed by atoms with E-state index in [1.165, 1.54) is 0 Å². The van der Waals surface area contributed by atoms with Gasteiger partial charge < -0.3 is 28.8 Å². The largest absolute Gasteiger partial charge is 0.489 e. The summed E-state index contributed by atoms with van der Waals surface area (Å²) in [6.45, 7) is 12.8. The quantitative estimate of drug-likeness (QED) is 0.166. The number of nitrogens with one attached hydrogen (secondary N) is 1. The zero-order valence-corrected chi connectivity index (χ0v) is 28.3. The summed E-state index contributed by atoms with van der Waals surface area (Å²) in [6, 6.07) is 17.1. The van der Waals surface area contributed by atoms with E-state index in [4.69, 9.17) is 18.9 Å². The van der Waals surface area contributed by atoms with Gasteiger partial charge in [0.05, 0.1) is 30.7 Å². The van der Waals surface area contributed by atoms with Crippen LogP contribution in [0.2, 0.25) is 0 Å². The Morgan fingerprint density at radius 3 is 2.32 bits per heavy atom. The van der Waals surface area contributed by atoms with Crippen molar-refractivity contribution < 1.29 is 32.9 Å². The normalized spacial score (nSPS) is 12.3. The SMILES string of the molecule is CC(NC(=O)OC(C)(C)C)c1cccc(-c2cc(COc3ccccc3CC(=O)OC(C)(C)C)cc(OCc3cncn3C)c2)c1F. The fourth-order valence-electron chi connectivity index (χ4n) is 4.82. The number of carbonyl (C=O) groups excluding carboxylic acids is 2. The second-order valence-electron chi connectivity index (χ2n) is 13.4. The van der Waals surface area contributed by atoms with Crippen molar-refractivity contribution in [3.63, 3.8) is 0 Å². The molecule has 0 aliphatic rings. The molecule has 1 heterocycles. The van der Waals surface area contributed by atoms with Crippen LogP contribution >= 0.6 is 0 Å². The van der Waals surface area contributed by atoms with Crippen molar-refractivity contribution in [2.24, 2.45) is 7.05 Å². The number of aromatic nitrogens is 2. The van der Waals surface area contributed by atoms with E-state index >= 15 is 4.39 Å². The molecule has 10 heteroatoms. The molecule has 0 aliphatic carbocycles. The number of nitrogens with zero attached hydrogens (tertiary/aromatic N) is 2. The first-order valence-electron chi connectivity index (χ1n) is 15.5. The third-order valence-electron chi connectivity index (χ3n) is 6.93. The van der Waals surface area contributed by atoms with Gasteiger partial charge in [0.15, 0.2) is 0 Å².